The number of hydrogen-bond acceptors (Lipinski definition) is 2. The topological polar surface area (TPSA) is 46.1 Å². The van der Waals surface area contributed by atoms with E-state index in [1.807, 2.05) is 0 Å². The monoisotopic (exact) mass is 198 g/mol. The van der Waals surface area contributed by atoms with Crippen LogP contribution in [0.4, 0.5) is 0 Å². The summed E-state index contributed by atoms with van der Waals surface area (Å²) in [6.45, 7) is 0. The van der Waals surface area contributed by atoms with Crippen molar-refractivity contribution in [2.24, 2.45) is 0 Å². The Morgan fingerprint density at radius 2 is 0.875 bits per heavy atom. The smallest absolute Gasteiger partial charge is 0.872 e. The summed E-state index contributed by atoms with van der Waals surface area (Å²) in [5.41, 5.74) is 0.941. The molecule has 0 saturated carbocycles. The molecule has 0 amide bonds. The molecule has 0 aliphatic heterocycles. The molecule has 0 bridgehead atoms. The Labute approximate surface area is 119 Å². The first-order valence-electron chi connectivity index (χ1n) is 4.31. The number of rotatable bonds is 1. The quantitative estimate of drug-likeness (QED) is 0.434. The largest absolute Gasteiger partial charge is 1.00 e. The van der Waals surface area contributed by atoms with Crippen molar-refractivity contribution in [1.29, 1.82) is 0 Å². The van der Waals surface area contributed by atoms with E-state index in [1.54, 1.807) is 36.4 Å². The predicted octanol–water partition coefficient (Wildman–Crippen LogP) is -4.49. The minimum Gasteiger partial charge on any atom is -0.872 e. The van der Waals surface area contributed by atoms with Crippen molar-refractivity contribution in [1.82, 2.24) is 0 Å². The van der Waals surface area contributed by atoms with Crippen LogP contribution >= 0.6 is 0 Å². The normalized spacial score (nSPS) is 8.75. The molecule has 0 fully saturated rings. The molecule has 70 valence electrons. The van der Waals surface area contributed by atoms with Crippen LogP contribution in [0.3, 0.4) is 0 Å². The molecule has 0 unspecified atom stereocenters. The van der Waals surface area contributed by atoms with Gasteiger partial charge in [-0.1, -0.05) is 48.5 Å². The molecule has 0 aliphatic rings. The van der Waals surface area contributed by atoms with Gasteiger partial charge in [0.25, 0.3) is 0 Å². The Balaban J connectivity index is 0.00000112. The molecule has 2 aromatic carbocycles. The van der Waals surface area contributed by atoms with E-state index in [2.05, 4.69) is 0 Å². The summed E-state index contributed by atoms with van der Waals surface area (Å²) in [5.74, 6) is -0.230. The van der Waals surface area contributed by atoms with Gasteiger partial charge in [0.1, 0.15) is 0 Å². The van der Waals surface area contributed by atoms with Crippen LogP contribution in [-0.2, 0) is 0 Å². The van der Waals surface area contributed by atoms with Crippen LogP contribution in [0.1, 0.15) is 0 Å². The summed E-state index contributed by atoms with van der Waals surface area (Å²) in [6, 6.07) is 13.1. The minimum absolute atomic E-state index is 0. The van der Waals surface area contributed by atoms with Crippen LogP contribution in [-0.4, -0.2) is 0 Å². The second-order valence-corrected chi connectivity index (χ2v) is 2.99. The van der Waals surface area contributed by atoms with Gasteiger partial charge in [0.2, 0.25) is 0 Å². The molecule has 2 nitrogen and oxygen atoms in total. The zero-order valence-electron chi connectivity index (χ0n) is 9.44. The van der Waals surface area contributed by atoms with Crippen molar-refractivity contribution in [2.75, 3.05) is 0 Å². The van der Waals surface area contributed by atoms with Gasteiger partial charge in [0.15, 0.2) is 0 Å². The molecular weight excluding hydrogens is 190 g/mol. The van der Waals surface area contributed by atoms with Crippen molar-refractivity contribution < 1.29 is 47.9 Å². The molecule has 0 radical (unpaired) electrons. The Kier molecular flexibility index (Phi) is 6.42. The third-order valence-electron chi connectivity index (χ3n) is 2.06. The van der Waals surface area contributed by atoms with Gasteiger partial charge < -0.3 is 10.2 Å². The van der Waals surface area contributed by atoms with Crippen LogP contribution in [0.15, 0.2) is 48.5 Å². The SMILES string of the molecule is [Li+].[Li+].[O-]c1ccccc1-c1ccccc1[O-]. The van der Waals surface area contributed by atoms with Gasteiger partial charge in [-0.25, -0.2) is 0 Å². The second-order valence-electron chi connectivity index (χ2n) is 2.99. The van der Waals surface area contributed by atoms with E-state index in [0.29, 0.717) is 11.1 Å². The molecule has 0 N–H and O–H groups in total. The summed E-state index contributed by atoms with van der Waals surface area (Å²) in [7, 11) is 0. The van der Waals surface area contributed by atoms with Crippen LogP contribution < -0.4 is 47.9 Å². The summed E-state index contributed by atoms with van der Waals surface area (Å²) in [6.07, 6.45) is 0. The second kappa shape index (κ2) is 6.74. The van der Waals surface area contributed by atoms with E-state index < -0.39 is 0 Å². The van der Waals surface area contributed by atoms with Gasteiger partial charge in [-0.15, -0.1) is 11.5 Å². The van der Waals surface area contributed by atoms with Crippen LogP contribution in [0.2, 0.25) is 0 Å². The van der Waals surface area contributed by atoms with Gasteiger partial charge in [-0.2, -0.15) is 0 Å². The van der Waals surface area contributed by atoms with Gasteiger partial charge in [-0.3, -0.25) is 0 Å². The molecule has 0 saturated heterocycles. The molecule has 0 heterocycles. The van der Waals surface area contributed by atoms with Crippen molar-refractivity contribution in [2.45, 2.75) is 0 Å². The third kappa shape index (κ3) is 3.11. The van der Waals surface area contributed by atoms with Gasteiger partial charge in [-0.05, 0) is 11.1 Å². The van der Waals surface area contributed by atoms with Gasteiger partial charge in [0, 0.05) is 0 Å². The Morgan fingerprint density at radius 1 is 0.562 bits per heavy atom. The first-order chi connectivity index (χ1) is 6.79. The van der Waals surface area contributed by atoms with Crippen molar-refractivity contribution in [3.8, 4) is 22.6 Å². The fraction of sp³-hybridized carbons (Fsp3) is 0. The standard InChI is InChI=1S/C12H10O2.2Li/c13-11-7-3-1-5-9(11)10-6-2-4-8-12(10)14;;/h1-8,13-14H;;/q;2*+1/p-2. The molecule has 4 heteroatoms. The molecule has 2 rings (SSSR count). The fourth-order valence-corrected chi connectivity index (χ4v) is 1.38. The average Bonchev–Trinajstić information content (AvgIpc) is 2.20. The average molecular weight is 198 g/mol. The molecule has 16 heavy (non-hydrogen) atoms. The molecule has 0 spiro atoms. The Morgan fingerprint density at radius 3 is 1.19 bits per heavy atom. The van der Waals surface area contributed by atoms with E-state index in [9.17, 15) is 10.2 Å². The van der Waals surface area contributed by atoms with Crippen LogP contribution in [0, 0.1) is 0 Å². The van der Waals surface area contributed by atoms with Crippen LogP contribution in [0.25, 0.3) is 11.1 Å². The van der Waals surface area contributed by atoms with Crippen LogP contribution in [0.5, 0.6) is 11.5 Å². The van der Waals surface area contributed by atoms with Crippen molar-refractivity contribution >= 4 is 0 Å². The molecular formula is C12H8Li2O2. The maximum Gasteiger partial charge on any atom is 1.00 e. The van der Waals surface area contributed by atoms with Crippen molar-refractivity contribution in [3.05, 3.63) is 48.5 Å². The zero-order valence-corrected chi connectivity index (χ0v) is 9.44. The minimum atomic E-state index is -0.115. The van der Waals surface area contributed by atoms with Gasteiger partial charge >= 0.3 is 37.7 Å². The molecule has 2 aromatic rings. The van der Waals surface area contributed by atoms with Crippen molar-refractivity contribution in [3.63, 3.8) is 0 Å². The van der Waals surface area contributed by atoms with Gasteiger partial charge in [0.05, 0.1) is 0 Å². The van der Waals surface area contributed by atoms with E-state index in [0.717, 1.165) is 0 Å². The molecule has 0 aliphatic carbocycles. The first-order valence-corrected chi connectivity index (χ1v) is 4.31. The number of benzene rings is 2. The third-order valence-corrected chi connectivity index (χ3v) is 2.06. The Hall–Kier alpha value is -0.765. The summed E-state index contributed by atoms with van der Waals surface area (Å²) < 4.78 is 0. The molecule has 0 aromatic heterocycles. The maximum atomic E-state index is 11.4. The van der Waals surface area contributed by atoms with E-state index >= 15 is 0 Å². The van der Waals surface area contributed by atoms with E-state index in [4.69, 9.17) is 0 Å². The summed E-state index contributed by atoms with van der Waals surface area (Å²) in [5, 5.41) is 22.9. The maximum absolute atomic E-state index is 11.4. The van der Waals surface area contributed by atoms with E-state index in [1.165, 1.54) is 12.1 Å². The van der Waals surface area contributed by atoms with E-state index in [-0.39, 0.29) is 49.2 Å². The molecule has 0 atom stereocenters. The number of para-hydroxylation sites is 2. The Bertz CT molecular complexity index is 415. The first kappa shape index (κ1) is 15.2. The zero-order chi connectivity index (χ0) is 9.97. The number of hydrogen-bond donors (Lipinski definition) is 0. The predicted molar refractivity (Wildman–Crippen MR) is 50.8 cm³/mol. The summed E-state index contributed by atoms with van der Waals surface area (Å²) in [4.78, 5) is 0. The summed E-state index contributed by atoms with van der Waals surface area (Å²) >= 11 is 0. The fourth-order valence-electron chi connectivity index (χ4n) is 1.38.